The molecule has 0 aliphatic carbocycles. The smallest absolute Gasteiger partial charge is 0.113 e. The van der Waals surface area contributed by atoms with Crippen LogP contribution in [0.4, 0.5) is 0 Å². The summed E-state index contributed by atoms with van der Waals surface area (Å²) in [6.45, 7) is 2.02. The van der Waals surface area contributed by atoms with E-state index in [4.69, 9.17) is 0 Å². The summed E-state index contributed by atoms with van der Waals surface area (Å²) in [5.74, 6) is 0. The number of rotatable bonds is 0. The molecule has 2 rings (SSSR count). The number of hydrogen-bond acceptors (Lipinski definition) is 2. The second-order valence-corrected chi connectivity index (χ2v) is 2.25. The molecule has 0 amide bonds. The van der Waals surface area contributed by atoms with Crippen LogP contribution in [0.1, 0.15) is 5.56 Å². The summed E-state index contributed by atoms with van der Waals surface area (Å²) in [4.78, 5) is 4.11. The van der Waals surface area contributed by atoms with Crippen molar-refractivity contribution in [3.8, 4) is 0 Å². The predicted molar refractivity (Wildman–Crippen MR) is 38.6 cm³/mol. The van der Waals surface area contributed by atoms with E-state index in [1.807, 2.05) is 13.0 Å². The van der Waals surface area contributed by atoms with Crippen LogP contribution in [0.5, 0.6) is 0 Å². The number of hydrogen-bond donors (Lipinski definition) is 1. The van der Waals surface area contributed by atoms with E-state index < -0.39 is 0 Å². The third-order valence-corrected chi connectivity index (χ3v) is 1.53. The number of aryl methyl sites for hydroxylation is 1. The van der Waals surface area contributed by atoms with E-state index in [0.29, 0.717) is 0 Å². The van der Waals surface area contributed by atoms with Gasteiger partial charge in [-0.25, -0.2) is 0 Å². The lowest BCUT2D eigenvalue weighted by Crippen LogP contribution is -1.77. The molecule has 50 valence electrons. The van der Waals surface area contributed by atoms with E-state index in [0.717, 1.165) is 16.6 Å². The van der Waals surface area contributed by atoms with Gasteiger partial charge in [0.1, 0.15) is 11.0 Å². The molecule has 3 nitrogen and oxygen atoms in total. The van der Waals surface area contributed by atoms with Crippen molar-refractivity contribution >= 4 is 11.0 Å². The SMILES string of the molecule is Cc1ccnc2c[nH]nc12. The summed E-state index contributed by atoms with van der Waals surface area (Å²) in [7, 11) is 0. The zero-order chi connectivity index (χ0) is 6.97. The van der Waals surface area contributed by atoms with Gasteiger partial charge in [-0.2, -0.15) is 5.10 Å². The molecular formula is C7H7N3. The Hall–Kier alpha value is -1.38. The lowest BCUT2D eigenvalue weighted by atomic mass is 10.2. The lowest BCUT2D eigenvalue weighted by Gasteiger charge is -1.89. The summed E-state index contributed by atoms with van der Waals surface area (Å²) in [5.41, 5.74) is 3.05. The first kappa shape index (κ1) is 5.41. The van der Waals surface area contributed by atoms with Crippen LogP contribution < -0.4 is 0 Å². The molecule has 0 spiro atoms. The van der Waals surface area contributed by atoms with Gasteiger partial charge in [0, 0.05) is 12.4 Å². The van der Waals surface area contributed by atoms with Crippen molar-refractivity contribution in [2.45, 2.75) is 6.92 Å². The van der Waals surface area contributed by atoms with Crippen molar-refractivity contribution < 1.29 is 0 Å². The van der Waals surface area contributed by atoms with Gasteiger partial charge in [-0.3, -0.25) is 10.1 Å². The Labute approximate surface area is 58.1 Å². The third kappa shape index (κ3) is 0.603. The lowest BCUT2D eigenvalue weighted by molar-refractivity contribution is 1.11. The summed E-state index contributed by atoms with van der Waals surface area (Å²) in [6.07, 6.45) is 3.58. The van der Waals surface area contributed by atoms with Crippen molar-refractivity contribution in [3.05, 3.63) is 24.0 Å². The fraction of sp³-hybridized carbons (Fsp3) is 0.143. The molecule has 0 unspecified atom stereocenters. The van der Waals surface area contributed by atoms with Crippen molar-refractivity contribution in [3.63, 3.8) is 0 Å². The monoisotopic (exact) mass is 133 g/mol. The van der Waals surface area contributed by atoms with Gasteiger partial charge in [0.05, 0.1) is 0 Å². The number of pyridine rings is 1. The van der Waals surface area contributed by atoms with Crippen LogP contribution in [0.15, 0.2) is 18.5 Å². The molecule has 0 bridgehead atoms. The molecule has 0 fully saturated rings. The van der Waals surface area contributed by atoms with Gasteiger partial charge >= 0.3 is 0 Å². The first-order valence-electron chi connectivity index (χ1n) is 3.13. The van der Waals surface area contributed by atoms with Crippen molar-refractivity contribution in [1.29, 1.82) is 0 Å². The maximum Gasteiger partial charge on any atom is 0.113 e. The zero-order valence-corrected chi connectivity index (χ0v) is 5.63. The normalized spacial score (nSPS) is 10.5. The van der Waals surface area contributed by atoms with Gasteiger partial charge in [0.25, 0.3) is 0 Å². The summed E-state index contributed by atoms with van der Waals surface area (Å²) < 4.78 is 0. The first-order chi connectivity index (χ1) is 4.88. The van der Waals surface area contributed by atoms with Crippen LogP contribution in [0, 0.1) is 6.92 Å². The van der Waals surface area contributed by atoms with E-state index in [1.165, 1.54) is 0 Å². The summed E-state index contributed by atoms with van der Waals surface area (Å²) in [6, 6.07) is 1.95. The fourth-order valence-electron chi connectivity index (χ4n) is 0.981. The average molecular weight is 133 g/mol. The van der Waals surface area contributed by atoms with Crippen molar-refractivity contribution in [2.75, 3.05) is 0 Å². The van der Waals surface area contributed by atoms with E-state index >= 15 is 0 Å². The number of nitrogens with one attached hydrogen (secondary N) is 1. The summed E-state index contributed by atoms with van der Waals surface area (Å²) in [5, 5.41) is 6.80. The van der Waals surface area contributed by atoms with Crippen molar-refractivity contribution in [2.24, 2.45) is 0 Å². The van der Waals surface area contributed by atoms with E-state index in [9.17, 15) is 0 Å². The van der Waals surface area contributed by atoms with Crippen molar-refractivity contribution in [1.82, 2.24) is 15.2 Å². The van der Waals surface area contributed by atoms with Crippen LogP contribution >= 0.6 is 0 Å². The molecule has 2 aromatic rings. The number of fused-ring (bicyclic) bond motifs is 1. The Balaban J connectivity index is 2.95. The first-order valence-corrected chi connectivity index (χ1v) is 3.13. The highest BCUT2D eigenvalue weighted by atomic mass is 15.1. The molecule has 2 aromatic heterocycles. The van der Waals surface area contributed by atoms with Crippen LogP contribution in [0.25, 0.3) is 11.0 Å². The van der Waals surface area contributed by atoms with Gasteiger partial charge in [-0.1, -0.05) is 0 Å². The molecule has 0 radical (unpaired) electrons. The average Bonchev–Trinajstić information content (AvgIpc) is 2.36. The van der Waals surface area contributed by atoms with Crippen LogP contribution in [0.3, 0.4) is 0 Å². The fourth-order valence-corrected chi connectivity index (χ4v) is 0.981. The third-order valence-electron chi connectivity index (χ3n) is 1.53. The van der Waals surface area contributed by atoms with Gasteiger partial charge in [-0.15, -0.1) is 0 Å². The topological polar surface area (TPSA) is 41.6 Å². The maximum absolute atomic E-state index is 4.11. The molecule has 1 N–H and O–H groups in total. The van der Waals surface area contributed by atoms with Gasteiger partial charge in [0.15, 0.2) is 0 Å². The molecule has 2 heterocycles. The number of aromatic nitrogens is 3. The van der Waals surface area contributed by atoms with Gasteiger partial charge < -0.3 is 0 Å². The van der Waals surface area contributed by atoms with E-state index in [1.54, 1.807) is 12.4 Å². The second kappa shape index (κ2) is 1.80. The molecule has 0 aliphatic rings. The second-order valence-electron chi connectivity index (χ2n) is 2.25. The minimum absolute atomic E-state index is 0.931. The Kier molecular flexibility index (Phi) is 0.974. The molecule has 0 aliphatic heterocycles. The zero-order valence-electron chi connectivity index (χ0n) is 5.63. The highest BCUT2D eigenvalue weighted by molar-refractivity contribution is 5.76. The summed E-state index contributed by atoms with van der Waals surface area (Å²) >= 11 is 0. The Bertz CT molecular complexity index is 350. The van der Waals surface area contributed by atoms with Gasteiger partial charge in [-0.05, 0) is 18.6 Å². The molecule has 10 heavy (non-hydrogen) atoms. The molecular weight excluding hydrogens is 126 g/mol. The number of nitrogens with zero attached hydrogens (tertiary/aromatic N) is 2. The van der Waals surface area contributed by atoms with Crippen LogP contribution in [0.2, 0.25) is 0 Å². The quantitative estimate of drug-likeness (QED) is 0.588. The predicted octanol–water partition coefficient (Wildman–Crippen LogP) is 1.27. The molecule has 0 aromatic carbocycles. The standard InChI is InChI=1S/C7H7N3/c1-5-2-3-8-6-4-9-10-7(5)6/h2-4H,1H3,(H,9,10). The molecule has 3 heteroatoms. The Morgan fingerprint density at radius 2 is 2.40 bits per heavy atom. The minimum atomic E-state index is 0.931. The highest BCUT2D eigenvalue weighted by Crippen LogP contribution is 2.10. The van der Waals surface area contributed by atoms with Crippen LogP contribution in [-0.4, -0.2) is 15.2 Å². The Morgan fingerprint density at radius 3 is 3.20 bits per heavy atom. The van der Waals surface area contributed by atoms with Crippen LogP contribution in [-0.2, 0) is 0 Å². The maximum atomic E-state index is 4.11. The van der Waals surface area contributed by atoms with Gasteiger partial charge in [0.2, 0.25) is 0 Å². The molecule has 0 saturated heterocycles. The minimum Gasteiger partial charge on any atom is -0.283 e. The van der Waals surface area contributed by atoms with E-state index in [-0.39, 0.29) is 0 Å². The molecule has 0 atom stereocenters. The number of aromatic amines is 1. The van der Waals surface area contributed by atoms with E-state index in [2.05, 4.69) is 15.2 Å². The Morgan fingerprint density at radius 1 is 1.50 bits per heavy atom. The highest BCUT2D eigenvalue weighted by Gasteiger charge is 1.97. The largest absolute Gasteiger partial charge is 0.283 e. The molecule has 0 saturated carbocycles. The number of H-pyrrole nitrogens is 1.